The van der Waals surface area contributed by atoms with E-state index in [4.69, 9.17) is 0 Å². The monoisotopic (exact) mass is 223 g/mol. The fourth-order valence-electron chi connectivity index (χ4n) is 1.27. The van der Waals surface area contributed by atoms with Gasteiger partial charge in [0.05, 0.1) is 6.04 Å². The second-order valence-electron chi connectivity index (χ2n) is 3.52. The van der Waals surface area contributed by atoms with Gasteiger partial charge in [-0.15, -0.1) is 0 Å². The van der Waals surface area contributed by atoms with Gasteiger partial charge in [0.2, 0.25) is 0 Å². The summed E-state index contributed by atoms with van der Waals surface area (Å²) in [6.45, 7) is 3.37. The summed E-state index contributed by atoms with van der Waals surface area (Å²) < 4.78 is 12.6. The van der Waals surface area contributed by atoms with Crippen molar-refractivity contribution in [3.8, 4) is 0 Å². The Bertz CT molecular complexity index is 387. The lowest BCUT2D eigenvalue weighted by atomic mass is 10.1. The van der Waals surface area contributed by atoms with Gasteiger partial charge in [0, 0.05) is 12.0 Å². The molecule has 0 radical (unpaired) electrons. The number of ketones is 1. The van der Waals surface area contributed by atoms with E-state index in [1.54, 1.807) is 13.8 Å². The maximum atomic E-state index is 12.6. The van der Waals surface area contributed by atoms with Crippen molar-refractivity contribution in [2.75, 3.05) is 0 Å². The van der Waals surface area contributed by atoms with Crippen molar-refractivity contribution in [3.63, 3.8) is 0 Å². The highest BCUT2D eigenvalue weighted by Crippen LogP contribution is 2.03. The van der Waals surface area contributed by atoms with Crippen LogP contribution in [0.1, 0.15) is 30.6 Å². The van der Waals surface area contributed by atoms with Gasteiger partial charge in [0.1, 0.15) is 5.82 Å². The molecule has 16 heavy (non-hydrogen) atoms. The van der Waals surface area contributed by atoms with Crippen LogP contribution in [-0.2, 0) is 4.79 Å². The smallest absolute Gasteiger partial charge is 0.251 e. The Kier molecular flexibility index (Phi) is 4.17. The highest BCUT2D eigenvalue weighted by molar-refractivity contribution is 5.97. The van der Waals surface area contributed by atoms with Crippen LogP contribution in [0.25, 0.3) is 0 Å². The van der Waals surface area contributed by atoms with Gasteiger partial charge in [0.15, 0.2) is 5.78 Å². The first-order valence-corrected chi connectivity index (χ1v) is 5.13. The largest absolute Gasteiger partial charge is 0.343 e. The van der Waals surface area contributed by atoms with E-state index in [0.29, 0.717) is 12.0 Å². The van der Waals surface area contributed by atoms with Gasteiger partial charge in [-0.3, -0.25) is 9.59 Å². The van der Waals surface area contributed by atoms with Gasteiger partial charge in [-0.2, -0.15) is 0 Å². The Labute approximate surface area is 93.7 Å². The number of amides is 1. The number of hydrogen-bond donors (Lipinski definition) is 1. The minimum absolute atomic E-state index is 0.0320. The third-order valence-electron chi connectivity index (χ3n) is 2.29. The Balaban J connectivity index is 2.65. The molecule has 0 aliphatic heterocycles. The molecule has 0 saturated carbocycles. The van der Waals surface area contributed by atoms with Gasteiger partial charge in [0.25, 0.3) is 5.91 Å². The van der Waals surface area contributed by atoms with Crippen LogP contribution in [0.4, 0.5) is 4.39 Å². The van der Waals surface area contributed by atoms with Gasteiger partial charge in [-0.1, -0.05) is 6.92 Å². The Morgan fingerprint density at radius 2 is 1.88 bits per heavy atom. The molecule has 1 N–H and O–H groups in total. The summed E-state index contributed by atoms with van der Waals surface area (Å²) in [5, 5.41) is 2.56. The average molecular weight is 223 g/mol. The summed E-state index contributed by atoms with van der Waals surface area (Å²) >= 11 is 0. The van der Waals surface area contributed by atoms with E-state index in [-0.39, 0.29) is 11.7 Å². The van der Waals surface area contributed by atoms with Gasteiger partial charge < -0.3 is 5.32 Å². The van der Waals surface area contributed by atoms with Gasteiger partial charge in [-0.05, 0) is 31.2 Å². The van der Waals surface area contributed by atoms with Crippen LogP contribution < -0.4 is 5.32 Å². The number of rotatable bonds is 4. The molecule has 0 aliphatic carbocycles. The number of carbonyl (C=O) groups is 2. The molecular weight excluding hydrogens is 209 g/mol. The molecule has 3 nitrogen and oxygen atoms in total. The molecule has 1 amide bonds. The molecule has 0 saturated heterocycles. The van der Waals surface area contributed by atoms with Crippen LogP contribution in [-0.4, -0.2) is 17.7 Å². The molecular formula is C12H14FNO2. The number of nitrogens with one attached hydrogen (secondary N) is 1. The molecule has 1 unspecified atom stereocenters. The number of halogens is 1. The van der Waals surface area contributed by atoms with E-state index in [1.165, 1.54) is 24.3 Å². The molecule has 1 atom stereocenters. The van der Waals surface area contributed by atoms with Crippen LogP contribution in [0.5, 0.6) is 0 Å². The molecule has 0 aromatic heterocycles. The highest BCUT2D eigenvalue weighted by atomic mass is 19.1. The second kappa shape index (κ2) is 5.39. The summed E-state index contributed by atoms with van der Waals surface area (Å²) in [6, 6.07) is 4.67. The minimum atomic E-state index is -0.512. The maximum Gasteiger partial charge on any atom is 0.251 e. The predicted octanol–water partition coefficient (Wildman–Crippen LogP) is 1.92. The molecule has 86 valence electrons. The second-order valence-corrected chi connectivity index (χ2v) is 3.52. The van der Waals surface area contributed by atoms with Gasteiger partial charge >= 0.3 is 0 Å². The van der Waals surface area contributed by atoms with Crippen molar-refractivity contribution in [1.29, 1.82) is 0 Å². The molecule has 0 aliphatic rings. The van der Waals surface area contributed by atoms with Crippen LogP contribution in [0.3, 0.4) is 0 Å². The summed E-state index contributed by atoms with van der Waals surface area (Å²) in [5.41, 5.74) is 0.345. The van der Waals surface area contributed by atoms with E-state index in [0.717, 1.165) is 0 Å². The topological polar surface area (TPSA) is 46.2 Å². The Hall–Kier alpha value is -1.71. The van der Waals surface area contributed by atoms with E-state index in [2.05, 4.69) is 5.32 Å². The minimum Gasteiger partial charge on any atom is -0.343 e. The number of hydrogen-bond acceptors (Lipinski definition) is 2. The standard InChI is InChI=1S/C12H14FNO2/c1-3-11(15)8(2)14-12(16)9-4-6-10(13)7-5-9/h4-8H,3H2,1-2H3,(H,14,16). The molecule has 0 spiro atoms. The Morgan fingerprint density at radius 3 is 2.38 bits per heavy atom. The number of benzene rings is 1. The molecule has 4 heteroatoms. The molecule has 1 rings (SSSR count). The third-order valence-corrected chi connectivity index (χ3v) is 2.29. The fraction of sp³-hybridized carbons (Fsp3) is 0.333. The number of carbonyl (C=O) groups excluding carboxylic acids is 2. The first-order valence-electron chi connectivity index (χ1n) is 5.13. The van der Waals surface area contributed by atoms with Crippen molar-refractivity contribution in [1.82, 2.24) is 5.32 Å². The highest BCUT2D eigenvalue weighted by Gasteiger charge is 2.14. The van der Waals surface area contributed by atoms with E-state index >= 15 is 0 Å². The van der Waals surface area contributed by atoms with E-state index < -0.39 is 11.9 Å². The average Bonchev–Trinajstić information content (AvgIpc) is 2.28. The lowest BCUT2D eigenvalue weighted by molar-refractivity contribution is -0.120. The summed E-state index contributed by atoms with van der Waals surface area (Å²) in [7, 11) is 0. The quantitative estimate of drug-likeness (QED) is 0.847. The maximum absolute atomic E-state index is 12.6. The molecule has 1 aromatic carbocycles. The van der Waals surface area contributed by atoms with Gasteiger partial charge in [-0.25, -0.2) is 4.39 Å². The summed E-state index contributed by atoms with van der Waals surface area (Å²) in [5.74, 6) is -0.793. The fourth-order valence-corrected chi connectivity index (χ4v) is 1.27. The molecule has 0 heterocycles. The molecule has 0 fully saturated rings. The van der Waals surface area contributed by atoms with E-state index in [9.17, 15) is 14.0 Å². The molecule has 1 aromatic rings. The van der Waals surface area contributed by atoms with Crippen molar-refractivity contribution < 1.29 is 14.0 Å². The normalized spacial score (nSPS) is 11.9. The first-order chi connectivity index (χ1) is 7.54. The third kappa shape index (κ3) is 3.15. The van der Waals surface area contributed by atoms with Crippen molar-refractivity contribution in [2.24, 2.45) is 0 Å². The summed E-state index contributed by atoms with van der Waals surface area (Å²) in [6.07, 6.45) is 0.380. The van der Waals surface area contributed by atoms with Crippen LogP contribution in [0, 0.1) is 5.82 Å². The zero-order valence-electron chi connectivity index (χ0n) is 9.29. The van der Waals surface area contributed by atoms with Crippen LogP contribution in [0.2, 0.25) is 0 Å². The lowest BCUT2D eigenvalue weighted by Gasteiger charge is -2.11. The lowest BCUT2D eigenvalue weighted by Crippen LogP contribution is -2.38. The van der Waals surface area contributed by atoms with Crippen LogP contribution >= 0.6 is 0 Å². The summed E-state index contributed by atoms with van der Waals surface area (Å²) in [4.78, 5) is 22.9. The zero-order valence-corrected chi connectivity index (χ0v) is 9.29. The van der Waals surface area contributed by atoms with Crippen LogP contribution in [0.15, 0.2) is 24.3 Å². The first kappa shape index (κ1) is 12.4. The number of Topliss-reactive ketones (excluding diaryl/α,β-unsaturated/α-hetero) is 1. The van der Waals surface area contributed by atoms with Crippen molar-refractivity contribution >= 4 is 11.7 Å². The predicted molar refractivity (Wildman–Crippen MR) is 58.6 cm³/mol. The molecule has 0 bridgehead atoms. The van der Waals surface area contributed by atoms with Crippen molar-refractivity contribution in [2.45, 2.75) is 26.3 Å². The zero-order chi connectivity index (χ0) is 12.1. The Morgan fingerprint density at radius 1 is 1.31 bits per heavy atom. The van der Waals surface area contributed by atoms with Crippen molar-refractivity contribution in [3.05, 3.63) is 35.6 Å². The van der Waals surface area contributed by atoms with E-state index in [1.807, 2.05) is 0 Å². The SMILES string of the molecule is CCC(=O)C(C)NC(=O)c1ccc(F)cc1.